The summed E-state index contributed by atoms with van der Waals surface area (Å²) in [7, 11) is -3.13. The number of hydrogen-bond acceptors (Lipinski definition) is 5. The van der Waals surface area contributed by atoms with E-state index in [0.29, 0.717) is 23.1 Å². The van der Waals surface area contributed by atoms with Crippen LogP contribution in [0.25, 0.3) is 0 Å². The smallest absolute Gasteiger partial charge is 0.279 e. The van der Waals surface area contributed by atoms with E-state index < -0.39 is 9.84 Å². The van der Waals surface area contributed by atoms with E-state index in [2.05, 4.69) is 4.99 Å². The highest BCUT2D eigenvalue weighted by atomic mass is 32.2. The fourth-order valence-corrected chi connectivity index (χ4v) is 7.95. The van der Waals surface area contributed by atoms with Crippen molar-refractivity contribution in [3.05, 3.63) is 96.1 Å². The average molecular weight is 479 g/mol. The van der Waals surface area contributed by atoms with Crippen LogP contribution < -0.4 is 9.64 Å². The Kier molecular flexibility index (Phi) is 5.95. The second kappa shape index (κ2) is 9.03. The van der Waals surface area contributed by atoms with Crippen molar-refractivity contribution >= 4 is 38.4 Å². The average Bonchev–Trinajstić information content (AvgIpc) is 3.30. The number of ether oxygens (including phenoxy) is 1. The van der Waals surface area contributed by atoms with Crippen molar-refractivity contribution in [2.45, 2.75) is 17.9 Å². The number of anilines is 1. The van der Waals surface area contributed by atoms with Gasteiger partial charge in [0.25, 0.3) is 5.91 Å². The van der Waals surface area contributed by atoms with E-state index in [9.17, 15) is 13.2 Å². The molecule has 0 N–H and O–H groups in total. The lowest BCUT2D eigenvalue weighted by atomic mass is 10.2. The fourth-order valence-electron chi connectivity index (χ4n) is 4.04. The molecule has 5 rings (SSSR count). The number of sulfone groups is 1. The maximum absolute atomic E-state index is 12.7. The van der Waals surface area contributed by atoms with Gasteiger partial charge < -0.3 is 9.64 Å². The quantitative estimate of drug-likeness (QED) is 0.548. The van der Waals surface area contributed by atoms with Crippen LogP contribution in [0.5, 0.6) is 5.75 Å². The summed E-state index contributed by atoms with van der Waals surface area (Å²) in [5, 5.41) is 0.387. The minimum absolute atomic E-state index is 0.0511. The van der Waals surface area contributed by atoms with E-state index in [1.165, 1.54) is 11.8 Å². The van der Waals surface area contributed by atoms with Gasteiger partial charge >= 0.3 is 0 Å². The number of amides is 1. The lowest BCUT2D eigenvalue weighted by Crippen LogP contribution is -2.37. The summed E-state index contributed by atoms with van der Waals surface area (Å²) in [5.74, 6) is 0.517. The standard InChI is InChI=1S/C25H22N2O4S2/c28-24(19-9-5-2-6-10-19)26-25-27(22-16-33(29,30)17-23(22)32-25)20-11-13-21(14-12-20)31-15-18-7-3-1-4-8-18/h1-14,22-23H,15-17H2/t22-,23+/m0/s1. The van der Waals surface area contributed by atoms with Crippen LogP contribution >= 0.6 is 11.8 Å². The Morgan fingerprint density at radius 2 is 1.61 bits per heavy atom. The monoisotopic (exact) mass is 478 g/mol. The van der Waals surface area contributed by atoms with Gasteiger partial charge in [0.1, 0.15) is 12.4 Å². The van der Waals surface area contributed by atoms with Crippen molar-refractivity contribution in [2.75, 3.05) is 16.4 Å². The number of carbonyl (C=O) groups excluding carboxylic acids is 1. The van der Waals surface area contributed by atoms with Crippen molar-refractivity contribution in [2.24, 2.45) is 4.99 Å². The number of hydrogen-bond donors (Lipinski definition) is 0. The molecule has 2 heterocycles. The first kappa shape index (κ1) is 21.7. The predicted octanol–water partition coefficient (Wildman–Crippen LogP) is 4.18. The van der Waals surface area contributed by atoms with E-state index in [0.717, 1.165) is 11.3 Å². The van der Waals surface area contributed by atoms with Crippen molar-refractivity contribution in [3.8, 4) is 5.75 Å². The van der Waals surface area contributed by atoms with Crippen LogP contribution in [0.1, 0.15) is 15.9 Å². The lowest BCUT2D eigenvalue weighted by Gasteiger charge is -2.24. The second-order valence-corrected chi connectivity index (χ2v) is 11.4. The summed E-state index contributed by atoms with van der Waals surface area (Å²) in [6.45, 7) is 0.459. The summed E-state index contributed by atoms with van der Waals surface area (Å²) in [6, 6.07) is 26.0. The van der Waals surface area contributed by atoms with Crippen molar-refractivity contribution < 1.29 is 17.9 Å². The van der Waals surface area contributed by atoms with Crippen molar-refractivity contribution in [1.82, 2.24) is 0 Å². The molecule has 33 heavy (non-hydrogen) atoms. The zero-order chi connectivity index (χ0) is 22.8. The minimum Gasteiger partial charge on any atom is -0.489 e. The highest BCUT2D eigenvalue weighted by Gasteiger charge is 2.49. The molecule has 0 saturated carbocycles. The van der Waals surface area contributed by atoms with Crippen LogP contribution in [0, 0.1) is 0 Å². The molecule has 0 aliphatic carbocycles. The third-order valence-electron chi connectivity index (χ3n) is 5.65. The minimum atomic E-state index is -3.13. The van der Waals surface area contributed by atoms with Gasteiger partial charge in [-0.3, -0.25) is 4.79 Å². The van der Waals surface area contributed by atoms with E-state index in [4.69, 9.17) is 4.74 Å². The van der Waals surface area contributed by atoms with Gasteiger partial charge in [-0.1, -0.05) is 60.3 Å². The van der Waals surface area contributed by atoms with Crippen molar-refractivity contribution in [1.29, 1.82) is 0 Å². The molecule has 2 atom stereocenters. The molecule has 6 nitrogen and oxygen atoms in total. The van der Waals surface area contributed by atoms with Crippen LogP contribution in [0.3, 0.4) is 0 Å². The van der Waals surface area contributed by atoms with E-state index in [-0.39, 0.29) is 28.7 Å². The largest absolute Gasteiger partial charge is 0.489 e. The molecule has 0 radical (unpaired) electrons. The first-order chi connectivity index (χ1) is 16.0. The van der Waals surface area contributed by atoms with Gasteiger partial charge in [0, 0.05) is 16.5 Å². The van der Waals surface area contributed by atoms with Crippen LogP contribution in [0.15, 0.2) is 89.9 Å². The molecule has 3 aromatic carbocycles. The summed E-state index contributed by atoms with van der Waals surface area (Å²) >= 11 is 1.37. The first-order valence-corrected chi connectivity index (χ1v) is 13.3. The number of fused-ring (bicyclic) bond motifs is 1. The lowest BCUT2D eigenvalue weighted by molar-refractivity contribution is 0.100. The molecule has 0 aromatic heterocycles. The molecule has 0 unspecified atom stereocenters. The first-order valence-electron chi connectivity index (χ1n) is 10.6. The Balaban J connectivity index is 1.40. The zero-order valence-corrected chi connectivity index (χ0v) is 19.3. The Bertz CT molecular complexity index is 1280. The molecule has 0 bridgehead atoms. The number of amidine groups is 1. The molecule has 1 amide bonds. The molecule has 2 aliphatic heterocycles. The third-order valence-corrected chi connectivity index (χ3v) is 8.86. The summed E-state index contributed by atoms with van der Waals surface area (Å²) < 4.78 is 30.4. The van der Waals surface area contributed by atoms with Gasteiger partial charge in [-0.15, -0.1) is 0 Å². The van der Waals surface area contributed by atoms with E-state index in [1.54, 1.807) is 24.3 Å². The van der Waals surface area contributed by atoms with E-state index in [1.807, 2.05) is 65.6 Å². The van der Waals surface area contributed by atoms with Crippen LogP contribution in [-0.2, 0) is 16.4 Å². The van der Waals surface area contributed by atoms with Crippen molar-refractivity contribution in [3.63, 3.8) is 0 Å². The topological polar surface area (TPSA) is 76.0 Å². The number of thioether (sulfide) groups is 1. The van der Waals surface area contributed by atoms with Gasteiger partial charge in [0.15, 0.2) is 15.0 Å². The number of aliphatic imine (C=N–C) groups is 1. The van der Waals surface area contributed by atoms with Gasteiger partial charge in [0.05, 0.1) is 17.5 Å². The maximum atomic E-state index is 12.7. The maximum Gasteiger partial charge on any atom is 0.279 e. The van der Waals surface area contributed by atoms with Gasteiger partial charge in [-0.05, 0) is 42.0 Å². The van der Waals surface area contributed by atoms with Gasteiger partial charge in [0.2, 0.25) is 0 Å². The molecule has 3 aromatic rings. The molecule has 2 aliphatic rings. The summed E-state index contributed by atoms with van der Waals surface area (Å²) in [6.07, 6.45) is 0. The molecular weight excluding hydrogens is 456 g/mol. The highest BCUT2D eigenvalue weighted by Crippen LogP contribution is 2.41. The molecule has 0 spiro atoms. The number of rotatable bonds is 5. The van der Waals surface area contributed by atoms with E-state index >= 15 is 0 Å². The van der Waals surface area contributed by atoms with Gasteiger partial charge in [-0.25, -0.2) is 8.42 Å². The summed E-state index contributed by atoms with van der Waals surface area (Å²) in [5.41, 5.74) is 2.36. The van der Waals surface area contributed by atoms with Gasteiger partial charge in [-0.2, -0.15) is 4.99 Å². The summed E-state index contributed by atoms with van der Waals surface area (Å²) in [4.78, 5) is 19.0. The highest BCUT2D eigenvalue weighted by molar-refractivity contribution is 8.16. The van der Waals surface area contributed by atoms with Crippen LogP contribution in [0.4, 0.5) is 5.69 Å². The second-order valence-electron chi connectivity index (χ2n) is 8.00. The number of carbonyl (C=O) groups is 1. The molecule has 168 valence electrons. The van der Waals surface area contributed by atoms with Crippen LogP contribution in [0.2, 0.25) is 0 Å². The predicted molar refractivity (Wildman–Crippen MR) is 132 cm³/mol. The Hall–Kier alpha value is -3.10. The number of benzene rings is 3. The molecular formula is C25H22N2O4S2. The Labute approximate surface area is 197 Å². The SMILES string of the molecule is O=C(N=C1S[C@@H]2CS(=O)(=O)C[C@@H]2N1c1ccc(OCc2ccccc2)cc1)c1ccccc1. The Morgan fingerprint density at radius 3 is 2.30 bits per heavy atom. The Morgan fingerprint density at radius 1 is 0.939 bits per heavy atom. The fraction of sp³-hybridized carbons (Fsp3) is 0.200. The normalized spacial score (nSPS) is 22.3. The molecule has 2 fully saturated rings. The third kappa shape index (κ3) is 4.82. The molecule has 8 heteroatoms. The zero-order valence-electron chi connectivity index (χ0n) is 17.7. The van der Waals surface area contributed by atoms with Crippen LogP contribution in [-0.4, -0.2) is 42.3 Å². The number of nitrogens with zero attached hydrogens (tertiary/aromatic N) is 2. The molecule has 2 saturated heterocycles.